The minimum atomic E-state index is 0.400. The second kappa shape index (κ2) is 8.15. The molecule has 1 unspecified atom stereocenters. The van der Waals surface area contributed by atoms with Gasteiger partial charge in [0.25, 0.3) is 0 Å². The Balaban J connectivity index is 2.43. The lowest BCUT2D eigenvalue weighted by molar-refractivity contribution is 0.309. The van der Waals surface area contributed by atoms with E-state index in [4.69, 9.17) is 4.74 Å². The summed E-state index contributed by atoms with van der Waals surface area (Å²) in [7, 11) is 0. The van der Waals surface area contributed by atoms with Gasteiger partial charge in [-0.2, -0.15) is 0 Å². The van der Waals surface area contributed by atoms with E-state index in [0.717, 1.165) is 25.3 Å². The standard InChI is InChI=1S/C16H27NO/c1-5-6-11-18-16-9-7-15(8-10-16)14(4)17-12-13(2)3/h7-10,13-14,17H,5-6,11-12H2,1-4H3. The molecule has 0 amide bonds. The van der Waals surface area contributed by atoms with Crippen molar-refractivity contribution in [2.75, 3.05) is 13.2 Å². The Hall–Kier alpha value is -1.02. The minimum absolute atomic E-state index is 0.400. The third kappa shape index (κ3) is 5.54. The lowest BCUT2D eigenvalue weighted by Crippen LogP contribution is -2.23. The van der Waals surface area contributed by atoms with Gasteiger partial charge in [-0.1, -0.05) is 39.3 Å². The quantitative estimate of drug-likeness (QED) is 0.698. The number of hydrogen-bond donors (Lipinski definition) is 1. The van der Waals surface area contributed by atoms with Gasteiger partial charge >= 0.3 is 0 Å². The van der Waals surface area contributed by atoms with E-state index in [9.17, 15) is 0 Å². The molecule has 0 radical (unpaired) electrons. The Morgan fingerprint density at radius 1 is 1.11 bits per heavy atom. The summed E-state index contributed by atoms with van der Waals surface area (Å²) in [6.07, 6.45) is 2.29. The Bertz CT molecular complexity index is 318. The van der Waals surface area contributed by atoms with Crippen LogP contribution in [0, 0.1) is 5.92 Å². The zero-order chi connectivity index (χ0) is 13.4. The van der Waals surface area contributed by atoms with Crippen LogP contribution in [0.5, 0.6) is 5.75 Å². The van der Waals surface area contributed by atoms with Crippen LogP contribution in [0.15, 0.2) is 24.3 Å². The van der Waals surface area contributed by atoms with Crippen molar-refractivity contribution < 1.29 is 4.74 Å². The van der Waals surface area contributed by atoms with Gasteiger partial charge in [-0.3, -0.25) is 0 Å². The Labute approximate surface area is 112 Å². The number of unbranched alkanes of at least 4 members (excludes halogenated alkanes) is 1. The average molecular weight is 249 g/mol. The highest BCUT2D eigenvalue weighted by Gasteiger charge is 2.05. The average Bonchev–Trinajstić information content (AvgIpc) is 2.37. The van der Waals surface area contributed by atoms with Crippen LogP contribution in [0.1, 0.15) is 52.1 Å². The largest absolute Gasteiger partial charge is 0.494 e. The third-order valence-electron chi connectivity index (χ3n) is 2.98. The summed E-state index contributed by atoms with van der Waals surface area (Å²) in [6.45, 7) is 10.7. The number of ether oxygens (including phenoxy) is 1. The van der Waals surface area contributed by atoms with Gasteiger partial charge < -0.3 is 10.1 Å². The van der Waals surface area contributed by atoms with Gasteiger partial charge in [0.1, 0.15) is 5.75 Å². The van der Waals surface area contributed by atoms with Crippen LogP contribution >= 0.6 is 0 Å². The molecule has 18 heavy (non-hydrogen) atoms. The van der Waals surface area contributed by atoms with E-state index in [2.05, 4.69) is 57.3 Å². The fourth-order valence-electron chi connectivity index (χ4n) is 1.72. The fourth-order valence-corrected chi connectivity index (χ4v) is 1.72. The molecular weight excluding hydrogens is 222 g/mol. The van der Waals surface area contributed by atoms with Gasteiger partial charge in [-0.25, -0.2) is 0 Å². The molecule has 0 heterocycles. The summed E-state index contributed by atoms with van der Waals surface area (Å²) in [4.78, 5) is 0. The van der Waals surface area contributed by atoms with Gasteiger partial charge in [0.05, 0.1) is 6.61 Å². The number of nitrogens with one attached hydrogen (secondary N) is 1. The molecule has 1 aromatic rings. The lowest BCUT2D eigenvalue weighted by Gasteiger charge is -2.16. The van der Waals surface area contributed by atoms with E-state index in [0.29, 0.717) is 12.0 Å². The second-order valence-corrected chi connectivity index (χ2v) is 5.29. The fraction of sp³-hybridized carbons (Fsp3) is 0.625. The summed E-state index contributed by atoms with van der Waals surface area (Å²) in [6, 6.07) is 8.84. The van der Waals surface area contributed by atoms with Crippen LogP contribution in [0.4, 0.5) is 0 Å². The van der Waals surface area contributed by atoms with Crippen LogP contribution in [0.3, 0.4) is 0 Å². The molecule has 1 N–H and O–H groups in total. The van der Waals surface area contributed by atoms with Gasteiger partial charge in [-0.05, 0) is 43.5 Å². The van der Waals surface area contributed by atoms with Crippen LogP contribution in [0.2, 0.25) is 0 Å². The highest BCUT2D eigenvalue weighted by Crippen LogP contribution is 2.18. The molecule has 1 atom stereocenters. The molecule has 0 aliphatic heterocycles. The van der Waals surface area contributed by atoms with Gasteiger partial charge in [0.2, 0.25) is 0 Å². The smallest absolute Gasteiger partial charge is 0.119 e. The maximum absolute atomic E-state index is 5.66. The summed E-state index contributed by atoms with van der Waals surface area (Å²) in [5.41, 5.74) is 1.32. The predicted octanol–water partition coefficient (Wildman–Crippen LogP) is 4.17. The van der Waals surface area contributed by atoms with Crippen LogP contribution < -0.4 is 10.1 Å². The number of rotatable bonds is 8. The summed E-state index contributed by atoms with van der Waals surface area (Å²) in [5.74, 6) is 1.66. The molecule has 0 aromatic heterocycles. The molecular formula is C16H27NO. The second-order valence-electron chi connectivity index (χ2n) is 5.29. The number of benzene rings is 1. The van der Waals surface area contributed by atoms with E-state index in [-0.39, 0.29) is 0 Å². The maximum atomic E-state index is 5.66. The topological polar surface area (TPSA) is 21.3 Å². The van der Waals surface area contributed by atoms with E-state index in [1.165, 1.54) is 12.0 Å². The Kier molecular flexibility index (Phi) is 6.81. The van der Waals surface area contributed by atoms with Crippen molar-refractivity contribution in [3.8, 4) is 5.75 Å². The van der Waals surface area contributed by atoms with E-state index >= 15 is 0 Å². The zero-order valence-electron chi connectivity index (χ0n) is 12.2. The molecule has 0 aliphatic rings. The SMILES string of the molecule is CCCCOc1ccc(C(C)NCC(C)C)cc1. The van der Waals surface area contributed by atoms with E-state index < -0.39 is 0 Å². The molecule has 2 heteroatoms. The normalized spacial score (nSPS) is 12.7. The van der Waals surface area contributed by atoms with Crippen molar-refractivity contribution in [1.82, 2.24) is 5.32 Å². The summed E-state index contributed by atoms with van der Waals surface area (Å²) < 4.78 is 5.66. The molecule has 0 spiro atoms. The first-order chi connectivity index (χ1) is 8.63. The summed E-state index contributed by atoms with van der Waals surface area (Å²) in [5, 5.41) is 3.53. The first-order valence-electron chi connectivity index (χ1n) is 7.09. The van der Waals surface area contributed by atoms with Gasteiger partial charge in [-0.15, -0.1) is 0 Å². The first kappa shape index (κ1) is 15.0. The highest BCUT2D eigenvalue weighted by molar-refractivity contribution is 5.28. The van der Waals surface area contributed by atoms with Crippen molar-refractivity contribution in [2.45, 2.75) is 46.6 Å². The van der Waals surface area contributed by atoms with Crippen LogP contribution in [-0.4, -0.2) is 13.2 Å². The minimum Gasteiger partial charge on any atom is -0.494 e. The first-order valence-corrected chi connectivity index (χ1v) is 7.09. The van der Waals surface area contributed by atoms with Crippen molar-refractivity contribution in [3.63, 3.8) is 0 Å². The van der Waals surface area contributed by atoms with Crippen molar-refractivity contribution in [3.05, 3.63) is 29.8 Å². The molecule has 0 fully saturated rings. The van der Waals surface area contributed by atoms with Gasteiger partial charge in [0.15, 0.2) is 0 Å². The monoisotopic (exact) mass is 249 g/mol. The molecule has 2 nitrogen and oxygen atoms in total. The lowest BCUT2D eigenvalue weighted by atomic mass is 10.1. The van der Waals surface area contributed by atoms with Crippen molar-refractivity contribution in [2.24, 2.45) is 5.92 Å². The molecule has 1 aromatic carbocycles. The predicted molar refractivity (Wildman–Crippen MR) is 78.1 cm³/mol. The van der Waals surface area contributed by atoms with E-state index in [1.807, 2.05) is 0 Å². The van der Waals surface area contributed by atoms with Crippen LogP contribution in [-0.2, 0) is 0 Å². The molecule has 0 bridgehead atoms. The Morgan fingerprint density at radius 3 is 2.33 bits per heavy atom. The number of hydrogen-bond acceptors (Lipinski definition) is 2. The van der Waals surface area contributed by atoms with Gasteiger partial charge in [0, 0.05) is 6.04 Å². The van der Waals surface area contributed by atoms with Crippen molar-refractivity contribution in [1.29, 1.82) is 0 Å². The molecule has 1 rings (SSSR count). The molecule has 0 saturated heterocycles. The Morgan fingerprint density at radius 2 is 1.78 bits per heavy atom. The molecule has 0 aliphatic carbocycles. The highest BCUT2D eigenvalue weighted by atomic mass is 16.5. The zero-order valence-corrected chi connectivity index (χ0v) is 12.2. The molecule has 0 saturated carbocycles. The van der Waals surface area contributed by atoms with Crippen molar-refractivity contribution >= 4 is 0 Å². The van der Waals surface area contributed by atoms with Crippen LogP contribution in [0.25, 0.3) is 0 Å². The summed E-state index contributed by atoms with van der Waals surface area (Å²) >= 11 is 0. The maximum Gasteiger partial charge on any atom is 0.119 e. The van der Waals surface area contributed by atoms with E-state index in [1.54, 1.807) is 0 Å². The molecule has 102 valence electrons. The third-order valence-corrected chi connectivity index (χ3v) is 2.98.